The van der Waals surface area contributed by atoms with Gasteiger partial charge in [0.15, 0.2) is 0 Å². The molecule has 18 heavy (non-hydrogen) atoms. The number of thioether (sulfide) groups is 1. The van der Waals surface area contributed by atoms with Crippen molar-refractivity contribution in [2.24, 2.45) is 0 Å². The number of hydrogen-bond acceptors (Lipinski definition) is 2. The van der Waals surface area contributed by atoms with Gasteiger partial charge in [0.2, 0.25) is 0 Å². The molecule has 2 unspecified atom stereocenters. The van der Waals surface area contributed by atoms with Gasteiger partial charge in [-0.3, -0.25) is 0 Å². The molecular weight excluding hydrogens is 238 g/mol. The summed E-state index contributed by atoms with van der Waals surface area (Å²) in [5.74, 6) is 0. The quantitative estimate of drug-likeness (QED) is 0.746. The Kier molecular flexibility index (Phi) is 7.45. The Bertz CT molecular complexity index is 320. The van der Waals surface area contributed by atoms with E-state index < -0.39 is 0 Å². The molecule has 0 aliphatic rings. The van der Waals surface area contributed by atoms with Gasteiger partial charge < -0.3 is 5.32 Å². The van der Waals surface area contributed by atoms with Crippen molar-refractivity contribution in [3.05, 3.63) is 35.4 Å². The van der Waals surface area contributed by atoms with Crippen molar-refractivity contribution >= 4 is 11.8 Å². The predicted octanol–water partition coefficient (Wildman–Crippen LogP) is 4.43. The molecule has 0 aliphatic carbocycles. The van der Waals surface area contributed by atoms with Crippen molar-refractivity contribution in [1.29, 1.82) is 0 Å². The van der Waals surface area contributed by atoms with Crippen molar-refractivity contribution in [3.8, 4) is 0 Å². The van der Waals surface area contributed by atoms with Crippen LogP contribution in [0.2, 0.25) is 0 Å². The second kappa shape index (κ2) is 8.60. The molecule has 102 valence electrons. The van der Waals surface area contributed by atoms with Gasteiger partial charge in [0, 0.05) is 11.3 Å². The second-order valence-corrected chi connectivity index (χ2v) is 6.28. The van der Waals surface area contributed by atoms with Crippen LogP contribution in [0.25, 0.3) is 0 Å². The first-order valence-corrected chi connectivity index (χ1v) is 8.31. The van der Waals surface area contributed by atoms with Crippen molar-refractivity contribution in [3.63, 3.8) is 0 Å². The van der Waals surface area contributed by atoms with Crippen LogP contribution in [0.5, 0.6) is 0 Å². The van der Waals surface area contributed by atoms with Crippen LogP contribution in [0.4, 0.5) is 0 Å². The number of aryl methyl sites for hydroxylation is 1. The number of hydrogen-bond donors (Lipinski definition) is 1. The summed E-state index contributed by atoms with van der Waals surface area (Å²) in [6, 6.07) is 9.51. The fourth-order valence-electron chi connectivity index (χ4n) is 2.00. The normalized spacial score (nSPS) is 14.4. The molecule has 0 amide bonds. The topological polar surface area (TPSA) is 12.0 Å². The van der Waals surface area contributed by atoms with Crippen LogP contribution in [-0.2, 0) is 6.42 Å². The summed E-state index contributed by atoms with van der Waals surface area (Å²) < 4.78 is 0. The lowest BCUT2D eigenvalue weighted by molar-refractivity contribution is 0.558. The van der Waals surface area contributed by atoms with E-state index in [9.17, 15) is 0 Å². The molecule has 1 nitrogen and oxygen atoms in total. The van der Waals surface area contributed by atoms with Crippen molar-refractivity contribution < 1.29 is 0 Å². The summed E-state index contributed by atoms with van der Waals surface area (Å²) in [4.78, 5) is 0. The van der Waals surface area contributed by atoms with Gasteiger partial charge in [-0.2, -0.15) is 11.8 Å². The van der Waals surface area contributed by atoms with Crippen LogP contribution in [0.3, 0.4) is 0 Å². The fourth-order valence-corrected chi connectivity index (χ4v) is 2.35. The highest BCUT2D eigenvalue weighted by Gasteiger charge is 2.05. The van der Waals surface area contributed by atoms with E-state index >= 15 is 0 Å². The summed E-state index contributed by atoms with van der Waals surface area (Å²) >= 11 is 1.94. The highest BCUT2D eigenvalue weighted by molar-refractivity contribution is 7.99. The molecule has 0 fully saturated rings. The minimum Gasteiger partial charge on any atom is -0.310 e. The smallest absolute Gasteiger partial charge is 0.0291 e. The van der Waals surface area contributed by atoms with Crippen LogP contribution in [0.15, 0.2) is 24.3 Å². The van der Waals surface area contributed by atoms with Crippen LogP contribution in [0.1, 0.15) is 50.8 Å². The highest BCUT2D eigenvalue weighted by Crippen LogP contribution is 2.15. The lowest BCUT2D eigenvalue weighted by Gasteiger charge is -2.16. The van der Waals surface area contributed by atoms with Crippen molar-refractivity contribution in [2.75, 3.05) is 12.8 Å². The predicted molar refractivity (Wildman–Crippen MR) is 84.4 cm³/mol. The van der Waals surface area contributed by atoms with E-state index in [-0.39, 0.29) is 0 Å². The number of nitrogens with one attached hydrogen (secondary N) is 1. The third-order valence-corrected chi connectivity index (χ3v) is 4.46. The van der Waals surface area contributed by atoms with Gasteiger partial charge >= 0.3 is 0 Å². The van der Waals surface area contributed by atoms with E-state index in [0.29, 0.717) is 6.04 Å². The molecule has 1 aromatic carbocycles. The van der Waals surface area contributed by atoms with Crippen LogP contribution in [0, 0.1) is 0 Å². The Morgan fingerprint density at radius 1 is 1.17 bits per heavy atom. The fraction of sp³-hybridized carbons (Fsp3) is 0.625. The summed E-state index contributed by atoms with van der Waals surface area (Å²) in [6.45, 7) is 7.86. The third-order valence-electron chi connectivity index (χ3n) is 3.42. The van der Waals surface area contributed by atoms with Crippen molar-refractivity contribution in [1.82, 2.24) is 5.32 Å². The third kappa shape index (κ3) is 5.45. The molecule has 0 aliphatic heterocycles. The van der Waals surface area contributed by atoms with E-state index in [1.54, 1.807) is 0 Å². The van der Waals surface area contributed by atoms with Gasteiger partial charge in [-0.25, -0.2) is 0 Å². The first-order valence-electron chi connectivity index (χ1n) is 7.02. The van der Waals surface area contributed by atoms with E-state index in [0.717, 1.165) is 11.8 Å². The Hall–Kier alpha value is -0.470. The zero-order chi connectivity index (χ0) is 13.4. The zero-order valence-corrected chi connectivity index (χ0v) is 13.0. The minimum atomic E-state index is 0.453. The van der Waals surface area contributed by atoms with Gasteiger partial charge in [-0.15, -0.1) is 0 Å². The standard InChI is InChI=1S/C16H27NS/c1-5-6-15-7-9-16(10-8-15)14(3)17-12-11-13(2)18-4/h7-10,13-14,17H,5-6,11-12H2,1-4H3. The summed E-state index contributed by atoms with van der Waals surface area (Å²) in [5, 5.41) is 4.35. The van der Waals surface area contributed by atoms with Crippen LogP contribution >= 0.6 is 11.8 Å². The Balaban J connectivity index is 2.39. The highest BCUT2D eigenvalue weighted by atomic mass is 32.2. The Labute approximate surface area is 117 Å². The minimum absolute atomic E-state index is 0.453. The average molecular weight is 265 g/mol. The van der Waals surface area contributed by atoms with Gasteiger partial charge in [0.1, 0.15) is 0 Å². The lowest BCUT2D eigenvalue weighted by atomic mass is 10.0. The SMILES string of the molecule is CCCc1ccc(C(C)NCCC(C)SC)cc1. The maximum atomic E-state index is 3.60. The molecule has 0 bridgehead atoms. The van der Waals surface area contributed by atoms with E-state index in [1.807, 2.05) is 11.8 Å². The molecular formula is C16H27NS. The zero-order valence-electron chi connectivity index (χ0n) is 12.2. The summed E-state index contributed by atoms with van der Waals surface area (Å²) in [7, 11) is 0. The van der Waals surface area contributed by atoms with Gasteiger partial charge in [-0.05, 0) is 43.7 Å². The molecule has 1 aromatic rings. The Morgan fingerprint density at radius 3 is 2.39 bits per heavy atom. The van der Waals surface area contributed by atoms with E-state index in [2.05, 4.69) is 56.6 Å². The first-order chi connectivity index (χ1) is 8.67. The monoisotopic (exact) mass is 265 g/mol. The molecule has 0 aromatic heterocycles. The maximum absolute atomic E-state index is 3.60. The van der Waals surface area contributed by atoms with Crippen LogP contribution in [-0.4, -0.2) is 18.1 Å². The van der Waals surface area contributed by atoms with Gasteiger partial charge in [-0.1, -0.05) is 44.5 Å². The second-order valence-electron chi connectivity index (χ2n) is 5.00. The molecule has 0 spiro atoms. The Morgan fingerprint density at radius 2 is 1.83 bits per heavy atom. The largest absolute Gasteiger partial charge is 0.310 e. The van der Waals surface area contributed by atoms with Gasteiger partial charge in [0.05, 0.1) is 0 Å². The number of benzene rings is 1. The molecule has 2 atom stereocenters. The van der Waals surface area contributed by atoms with Gasteiger partial charge in [0.25, 0.3) is 0 Å². The first kappa shape index (κ1) is 15.6. The molecule has 0 radical (unpaired) electrons. The molecule has 0 heterocycles. The molecule has 1 rings (SSSR count). The molecule has 0 saturated heterocycles. The number of rotatable bonds is 8. The van der Waals surface area contributed by atoms with E-state index in [4.69, 9.17) is 0 Å². The average Bonchev–Trinajstić information content (AvgIpc) is 2.39. The van der Waals surface area contributed by atoms with Crippen LogP contribution < -0.4 is 5.32 Å². The van der Waals surface area contributed by atoms with E-state index in [1.165, 1.54) is 30.4 Å². The maximum Gasteiger partial charge on any atom is 0.0291 e. The summed E-state index contributed by atoms with van der Waals surface area (Å²) in [5.41, 5.74) is 2.84. The summed E-state index contributed by atoms with van der Waals surface area (Å²) in [6.07, 6.45) is 5.83. The lowest BCUT2D eigenvalue weighted by Crippen LogP contribution is -2.21. The molecule has 0 saturated carbocycles. The molecule has 1 N–H and O–H groups in total. The molecule has 2 heteroatoms. The van der Waals surface area contributed by atoms with Crippen molar-refractivity contribution in [2.45, 2.75) is 51.3 Å².